The summed E-state index contributed by atoms with van der Waals surface area (Å²) in [5.41, 5.74) is -0.925. The lowest BCUT2D eigenvalue weighted by atomic mass is 9.84. The Morgan fingerprint density at radius 3 is 2.83 bits per heavy atom. The molecule has 2 N–H and O–H groups in total. The first kappa shape index (κ1) is 18.8. The van der Waals surface area contributed by atoms with Crippen LogP contribution in [0.2, 0.25) is 0 Å². The van der Waals surface area contributed by atoms with Crippen molar-refractivity contribution in [1.29, 1.82) is 0 Å². The molecule has 1 amide bonds. The second-order valence-corrected chi connectivity index (χ2v) is 6.81. The molecule has 24 heavy (non-hydrogen) atoms. The molecular formula is C16H25F2N3O3. The van der Waals surface area contributed by atoms with Crippen LogP contribution in [0.4, 0.5) is 8.78 Å². The van der Waals surface area contributed by atoms with Gasteiger partial charge in [0, 0.05) is 37.9 Å². The molecule has 1 aliphatic heterocycles. The normalized spacial score (nSPS) is 21.0. The summed E-state index contributed by atoms with van der Waals surface area (Å²) in [7, 11) is 0. The number of halogens is 2. The smallest absolute Gasteiger partial charge is 0.272 e. The van der Waals surface area contributed by atoms with Crippen LogP contribution >= 0.6 is 0 Å². The van der Waals surface area contributed by atoms with Crippen molar-refractivity contribution in [2.24, 2.45) is 11.3 Å². The van der Waals surface area contributed by atoms with Crippen molar-refractivity contribution >= 4 is 5.91 Å². The Hall–Kier alpha value is -1.54. The number of alkyl halides is 2. The average molecular weight is 345 g/mol. The number of hydrogen-bond donors (Lipinski definition) is 2. The summed E-state index contributed by atoms with van der Waals surface area (Å²) in [5, 5.41) is 15.9. The molecule has 0 bridgehead atoms. The van der Waals surface area contributed by atoms with Crippen LogP contribution in [0.1, 0.15) is 49.2 Å². The minimum atomic E-state index is -2.76. The number of aromatic nitrogens is 2. The van der Waals surface area contributed by atoms with E-state index in [9.17, 15) is 18.7 Å². The molecule has 1 fully saturated rings. The Morgan fingerprint density at radius 2 is 2.29 bits per heavy atom. The van der Waals surface area contributed by atoms with Crippen LogP contribution in [0.15, 0.2) is 6.20 Å². The van der Waals surface area contributed by atoms with Gasteiger partial charge in [-0.15, -0.1) is 0 Å². The van der Waals surface area contributed by atoms with Gasteiger partial charge in [0.2, 0.25) is 0 Å². The fourth-order valence-electron chi connectivity index (χ4n) is 2.90. The summed E-state index contributed by atoms with van der Waals surface area (Å²) in [4.78, 5) is 12.3. The first-order valence-electron chi connectivity index (χ1n) is 8.19. The summed E-state index contributed by atoms with van der Waals surface area (Å²) in [5.74, 6) is -0.383. The van der Waals surface area contributed by atoms with Gasteiger partial charge in [0.1, 0.15) is 0 Å². The van der Waals surface area contributed by atoms with Crippen molar-refractivity contribution in [3.05, 3.63) is 17.5 Å². The van der Waals surface area contributed by atoms with E-state index in [1.165, 1.54) is 10.9 Å². The summed E-state index contributed by atoms with van der Waals surface area (Å²) in [6.45, 7) is 5.63. The highest BCUT2D eigenvalue weighted by molar-refractivity contribution is 5.93. The third-order valence-electron chi connectivity index (χ3n) is 4.24. The number of aliphatic hydroxyl groups is 1. The van der Waals surface area contributed by atoms with Gasteiger partial charge in [0.05, 0.1) is 12.2 Å². The Kier molecular flexibility index (Phi) is 6.28. The standard InChI is InChI=1S/C16H25F2N3O3/c1-11(2)7-21-8-12(14(17)18)13(20-21)15(23)19-9-16(3-5-22)4-6-24-10-16/h8,11,14,22H,3-7,9-10H2,1-2H3,(H,19,23). The maximum atomic E-state index is 13.2. The van der Waals surface area contributed by atoms with Crippen LogP contribution in [0.5, 0.6) is 0 Å². The van der Waals surface area contributed by atoms with Gasteiger partial charge in [-0.3, -0.25) is 9.48 Å². The summed E-state index contributed by atoms with van der Waals surface area (Å²) in [6.07, 6.45) is -0.302. The van der Waals surface area contributed by atoms with Crippen molar-refractivity contribution in [2.75, 3.05) is 26.4 Å². The van der Waals surface area contributed by atoms with E-state index in [-0.39, 0.29) is 35.7 Å². The SMILES string of the molecule is CC(C)Cn1cc(C(F)F)c(C(=O)NCC2(CCO)CCOC2)n1. The van der Waals surface area contributed by atoms with E-state index in [2.05, 4.69) is 10.4 Å². The van der Waals surface area contributed by atoms with Crippen LogP contribution < -0.4 is 5.32 Å². The van der Waals surface area contributed by atoms with Crippen molar-refractivity contribution in [1.82, 2.24) is 15.1 Å². The predicted molar refractivity (Wildman–Crippen MR) is 83.9 cm³/mol. The predicted octanol–water partition coefficient (Wildman–Crippen LogP) is 2.00. The molecule has 0 saturated carbocycles. The first-order chi connectivity index (χ1) is 11.4. The maximum absolute atomic E-state index is 13.2. The topological polar surface area (TPSA) is 76.4 Å². The molecule has 0 radical (unpaired) electrons. The molecule has 0 aliphatic carbocycles. The molecule has 2 rings (SSSR count). The number of aliphatic hydroxyl groups excluding tert-OH is 1. The number of carbonyl (C=O) groups excluding carboxylic acids is 1. The zero-order valence-electron chi connectivity index (χ0n) is 14.1. The molecule has 6 nitrogen and oxygen atoms in total. The molecule has 136 valence electrons. The fraction of sp³-hybridized carbons (Fsp3) is 0.750. The number of nitrogens with one attached hydrogen (secondary N) is 1. The van der Waals surface area contributed by atoms with E-state index in [0.717, 1.165) is 6.42 Å². The van der Waals surface area contributed by atoms with Crippen molar-refractivity contribution in [3.63, 3.8) is 0 Å². The third-order valence-corrected chi connectivity index (χ3v) is 4.24. The molecule has 8 heteroatoms. The number of nitrogens with zero attached hydrogens (tertiary/aromatic N) is 2. The number of rotatable bonds is 8. The van der Waals surface area contributed by atoms with E-state index in [1.54, 1.807) is 0 Å². The maximum Gasteiger partial charge on any atom is 0.272 e. The molecule has 1 aliphatic rings. The van der Waals surface area contributed by atoms with Crippen LogP contribution in [0, 0.1) is 11.3 Å². The molecule has 0 aromatic carbocycles. The Bertz CT molecular complexity index is 555. The van der Waals surface area contributed by atoms with Gasteiger partial charge < -0.3 is 15.2 Å². The van der Waals surface area contributed by atoms with Gasteiger partial charge in [-0.2, -0.15) is 5.10 Å². The lowest BCUT2D eigenvalue weighted by Crippen LogP contribution is -2.39. The van der Waals surface area contributed by atoms with E-state index in [0.29, 0.717) is 26.2 Å². The average Bonchev–Trinajstić information content (AvgIpc) is 3.12. The second-order valence-electron chi connectivity index (χ2n) is 6.81. The number of amides is 1. The van der Waals surface area contributed by atoms with E-state index in [1.807, 2.05) is 13.8 Å². The van der Waals surface area contributed by atoms with Gasteiger partial charge in [-0.25, -0.2) is 8.78 Å². The Balaban J connectivity index is 2.09. The van der Waals surface area contributed by atoms with Gasteiger partial charge in [-0.1, -0.05) is 13.8 Å². The van der Waals surface area contributed by atoms with Crippen LogP contribution in [0.25, 0.3) is 0 Å². The highest BCUT2D eigenvalue weighted by Gasteiger charge is 2.35. The highest BCUT2D eigenvalue weighted by atomic mass is 19.3. The summed E-state index contributed by atoms with van der Waals surface area (Å²) < 4.78 is 33.1. The number of hydrogen-bond acceptors (Lipinski definition) is 4. The summed E-state index contributed by atoms with van der Waals surface area (Å²) >= 11 is 0. The first-order valence-corrected chi connectivity index (χ1v) is 8.19. The Labute approximate surface area is 140 Å². The minimum absolute atomic E-state index is 0.00939. The molecule has 0 spiro atoms. The molecular weight excluding hydrogens is 320 g/mol. The van der Waals surface area contributed by atoms with Crippen molar-refractivity contribution in [3.8, 4) is 0 Å². The second kappa shape index (κ2) is 8.02. The third kappa shape index (κ3) is 4.51. The van der Waals surface area contributed by atoms with Crippen LogP contribution in [-0.4, -0.2) is 47.2 Å². The zero-order chi connectivity index (χ0) is 17.7. The fourth-order valence-corrected chi connectivity index (χ4v) is 2.90. The molecule has 2 heterocycles. The molecule has 1 unspecified atom stereocenters. The zero-order valence-corrected chi connectivity index (χ0v) is 14.1. The van der Waals surface area contributed by atoms with Gasteiger partial charge in [0.15, 0.2) is 5.69 Å². The van der Waals surface area contributed by atoms with Gasteiger partial charge in [0.25, 0.3) is 12.3 Å². The van der Waals surface area contributed by atoms with Gasteiger partial charge in [-0.05, 0) is 18.8 Å². The van der Waals surface area contributed by atoms with E-state index < -0.39 is 12.3 Å². The van der Waals surface area contributed by atoms with E-state index >= 15 is 0 Å². The lowest BCUT2D eigenvalue weighted by Gasteiger charge is -2.26. The van der Waals surface area contributed by atoms with Crippen LogP contribution in [0.3, 0.4) is 0 Å². The Morgan fingerprint density at radius 1 is 1.54 bits per heavy atom. The van der Waals surface area contributed by atoms with Crippen molar-refractivity contribution < 1.29 is 23.4 Å². The molecule has 1 atom stereocenters. The van der Waals surface area contributed by atoms with Gasteiger partial charge >= 0.3 is 0 Å². The van der Waals surface area contributed by atoms with E-state index in [4.69, 9.17) is 4.74 Å². The highest BCUT2D eigenvalue weighted by Crippen LogP contribution is 2.31. The quantitative estimate of drug-likeness (QED) is 0.755. The molecule has 1 aromatic heterocycles. The molecule has 1 saturated heterocycles. The number of carbonyl (C=O) groups is 1. The lowest BCUT2D eigenvalue weighted by molar-refractivity contribution is 0.0873. The summed E-state index contributed by atoms with van der Waals surface area (Å²) in [6, 6.07) is 0. The largest absolute Gasteiger partial charge is 0.396 e. The minimum Gasteiger partial charge on any atom is -0.396 e. The number of ether oxygens (including phenoxy) is 1. The monoisotopic (exact) mass is 345 g/mol. The van der Waals surface area contributed by atoms with Crippen molar-refractivity contribution in [2.45, 2.75) is 39.7 Å². The van der Waals surface area contributed by atoms with Crippen LogP contribution in [-0.2, 0) is 11.3 Å². The molecule has 1 aromatic rings.